The molecule has 4 aromatic carbocycles. The minimum Gasteiger partial charge on any atom is -0.489 e. The minimum atomic E-state index is -0.315. The summed E-state index contributed by atoms with van der Waals surface area (Å²) in [6.07, 6.45) is 0. The third-order valence-corrected chi connectivity index (χ3v) is 5.67. The van der Waals surface area contributed by atoms with Gasteiger partial charge in [0.1, 0.15) is 24.7 Å². The highest BCUT2D eigenvalue weighted by Crippen LogP contribution is 2.16. The molecular formula is C34H46N4O7. The molecule has 10 N–H and O–H groups in total. The van der Waals surface area contributed by atoms with E-state index in [0.29, 0.717) is 36.7 Å². The summed E-state index contributed by atoms with van der Waals surface area (Å²) in [5.41, 5.74) is 7.80. The number of nitrogens with one attached hydrogen (secondary N) is 1. The highest BCUT2D eigenvalue weighted by atomic mass is 16.5. The number of carbonyl (C=O) groups is 2. The van der Waals surface area contributed by atoms with Crippen LogP contribution in [0.4, 0.5) is 0 Å². The maximum atomic E-state index is 11.5. The standard InChI is InChI=1S/C17H18O3.C15H16N2O2.C2H6O.H4N2.H2O/c1-3-19-17(18)15-8-10-16(11-9-15)20-12-14-6-4-13(2)5-7-14;1-11-2-4-12(5-3-11)10-19-14-8-6-13(7-9-14)15(18)17-16;1-2-3;1-2;/h4-11H,3,12H2,1-2H3;2-9H,10,16H2,1H3,(H,17,18);3H,2H2,1H3;1-2H2;1H2. The predicted octanol–water partition coefficient (Wildman–Crippen LogP) is 3.92. The average Bonchev–Trinajstić information content (AvgIpc) is 3.06. The summed E-state index contributed by atoms with van der Waals surface area (Å²) in [6.45, 7) is 9.22. The number of nitrogens with two attached hydrogens (primary N) is 3. The fraction of sp³-hybridized carbons (Fsp3) is 0.235. The lowest BCUT2D eigenvalue weighted by atomic mass is 10.2. The van der Waals surface area contributed by atoms with Crippen LogP contribution < -0.4 is 32.4 Å². The molecular weight excluding hydrogens is 576 g/mol. The normalized spacial score (nSPS) is 9.24. The molecule has 0 fully saturated rings. The molecule has 11 heteroatoms. The van der Waals surface area contributed by atoms with E-state index in [9.17, 15) is 9.59 Å². The molecule has 0 aliphatic rings. The van der Waals surface area contributed by atoms with E-state index in [1.54, 1.807) is 62.4 Å². The van der Waals surface area contributed by atoms with Crippen LogP contribution in [0.3, 0.4) is 0 Å². The number of aliphatic hydroxyl groups is 1. The molecule has 244 valence electrons. The van der Waals surface area contributed by atoms with Crippen molar-refractivity contribution in [3.63, 3.8) is 0 Å². The summed E-state index contributed by atoms with van der Waals surface area (Å²) in [5.74, 6) is 13.9. The lowest BCUT2D eigenvalue weighted by Crippen LogP contribution is -2.29. The van der Waals surface area contributed by atoms with Crippen LogP contribution in [-0.2, 0) is 18.0 Å². The van der Waals surface area contributed by atoms with Crippen LogP contribution in [-0.4, -0.2) is 35.7 Å². The first kappa shape index (κ1) is 40.2. The van der Waals surface area contributed by atoms with E-state index >= 15 is 0 Å². The number of aryl methyl sites for hydroxylation is 2. The number of carbonyl (C=O) groups excluding carboxylic acids is 2. The van der Waals surface area contributed by atoms with Crippen molar-refractivity contribution in [2.75, 3.05) is 13.2 Å². The van der Waals surface area contributed by atoms with Gasteiger partial charge in [0.15, 0.2) is 0 Å². The van der Waals surface area contributed by atoms with Gasteiger partial charge in [-0.05, 0) is 87.4 Å². The van der Waals surface area contributed by atoms with Gasteiger partial charge in [0.25, 0.3) is 5.91 Å². The number of rotatable bonds is 9. The Morgan fingerprint density at radius 2 is 1.02 bits per heavy atom. The lowest BCUT2D eigenvalue weighted by Gasteiger charge is -2.07. The Hall–Kier alpha value is -4.78. The van der Waals surface area contributed by atoms with Crippen molar-refractivity contribution in [1.29, 1.82) is 0 Å². The zero-order chi connectivity index (χ0) is 32.7. The highest BCUT2D eigenvalue weighted by Gasteiger charge is 2.06. The third-order valence-electron chi connectivity index (χ3n) is 5.67. The Labute approximate surface area is 265 Å². The predicted molar refractivity (Wildman–Crippen MR) is 176 cm³/mol. The number of benzene rings is 4. The molecule has 0 bridgehead atoms. The van der Waals surface area contributed by atoms with Gasteiger partial charge in [-0.25, -0.2) is 10.6 Å². The van der Waals surface area contributed by atoms with Gasteiger partial charge in [-0.1, -0.05) is 59.7 Å². The second kappa shape index (κ2) is 23.6. The van der Waals surface area contributed by atoms with Crippen molar-refractivity contribution >= 4 is 11.9 Å². The van der Waals surface area contributed by atoms with E-state index in [-0.39, 0.29) is 24.0 Å². The number of esters is 1. The number of nitrogen functional groups attached to an aromatic ring is 1. The van der Waals surface area contributed by atoms with E-state index in [4.69, 9.17) is 25.2 Å². The Bertz CT molecular complexity index is 1350. The Kier molecular flexibility index (Phi) is 21.1. The lowest BCUT2D eigenvalue weighted by molar-refractivity contribution is 0.0526. The molecule has 0 unspecified atom stereocenters. The topological polar surface area (TPSA) is 204 Å². The molecule has 0 aliphatic carbocycles. The van der Waals surface area contributed by atoms with Gasteiger partial charge in [-0.15, -0.1) is 0 Å². The summed E-state index contributed by atoms with van der Waals surface area (Å²) >= 11 is 0. The molecule has 0 heterocycles. The van der Waals surface area contributed by atoms with Crippen LogP contribution in [0.1, 0.15) is 56.8 Å². The first-order chi connectivity index (χ1) is 21.3. The van der Waals surface area contributed by atoms with Crippen molar-refractivity contribution in [2.24, 2.45) is 17.5 Å². The van der Waals surface area contributed by atoms with Crippen molar-refractivity contribution in [3.8, 4) is 11.5 Å². The zero-order valence-corrected chi connectivity index (χ0v) is 26.3. The molecule has 45 heavy (non-hydrogen) atoms. The summed E-state index contributed by atoms with van der Waals surface area (Å²) < 4.78 is 16.2. The quantitative estimate of drug-likeness (QED) is 0.0793. The summed E-state index contributed by atoms with van der Waals surface area (Å²) in [5, 5.41) is 7.57. The van der Waals surface area contributed by atoms with Gasteiger partial charge in [0.2, 0.25) is 0 Å². The van der Waals surface area contributed by atoms with Gasteiger partial charge in [0.05, 0.1) is 12.2 Å². The number of aliphatic hydroxyl groups excluding tert-OH is 1. The second-order valence-corrected chi connectivity index (χ2v) is 9.11. The van der Waals surface area contributed by atoms with E-state index in [1.165, 1.54) is 11.1 Å². The SMILES string of the molecule is CCO.CCOC(=O)c1ccc(OCc2ccc(C)cc2)cc1.Cc1ccc(COc2ccc(C(=O)NN)cc2)cc1.NN.O. The average molecular weight is 623 g/mol. The van der Waals surface area contributed by atoms with Crippen LogP contribution in [0, 0.1) is 13.8 Å². The zero-order valence-electron chi connectivity index (χ0n) is 26.3. The van der Waals surface area contributed by atoms with Crippen LogP contribution in [0.25, 0.3) is 0 Å². The molecule has 4 aromatic rings. The molecule has 1 amide bonds. The van der Waals surface area contributed by atoms with Gasteiger partial charge < -0.3 is 24.8 Å². The summed E-state index contributed by atoms with van der Waals surface area (Å²) in [7, 11) is 0. The Balaban J connectivity index is 0.000000739. The van der Waals surface area contributed by atoms with E-state index < -0.39 is 0 Å². The monoisotopic (exact) mass is 622 g/mol. The van der Waals surface area contributed by atoms with Crippen molar-refractivity contribution in [2.45, 2.75) is 40.9 Å². The smallest absolute Gasteiger partial charge is 0.338 e. The molecule has 0 spiro atoms. The van der Waals surface area contributed by atoms with Gasteiger partial charge >= 0.3 is 5.97 Å². The first-order valence-corrected chi connectivity index (χ1v) is 14.0. The Morgan fingerprint density at radius 3 is 1.36 bits per heavy atom. The van der Waals surface area contributed by atoms with Crippen LogP contribution in [0.5, 0.6) is 11.5 Å². The maximum absolute atomic E-state index is 11.5. The molecule has 0 saturated heterocycles. The van der Waals surface area contributed by atoms with E-state index in [2.05, 4.69) is 36.2 Å². The molecule has 0 aromatic heterocycles. The van der Waals surface area contributed by atoms with Crippen LogP contribution in [0.2, 0.25) is 0 Å². The molecule has 0 radical (unpaired) electrons. The molecule has 0 atom stereocenters. The number of hydrogen-bond acceptors (Lipinski definition) is 9. The first-order valence-electron chi connectivity index (χ1n) is 14.0. The molecule has 11 nitrogen and oxygen atoms in total. The van der Waals surface area contributed by atoms with Gasteiger partial charge in [-0.3, -0.25) is 21.9 Å². The van der Waals surface area contributed by atoms with Crippen LogP contribution in [0.15, 0.2) is 97.1 Å². The summed E-state index contributed by atoms with van der Waals surface area (Å²) in [4.78, 5) is 22.8. The number of ether oxygens (including phenoxy) is 3. The minimum absolute atomic E-state index is 0. The van der Waals surface area contributed by atoms with Crippen molar-refractivity contribution < 1.29 is 34.4 Å². The van der Waals surface area contributed by atoms with Crippen LogP contribution >= 0.6 is 0 Å². The highest BCUT2D eigenvalue weighted by molar-refractivity contribution is 5.93. The second-order valence-electron chi connectivity index (χ2n) is 9.11. The number of hydrogen-bond donors (Lipinski definition) is 5. The molecule has 0 aliphatic heterocycles. The summed E-state index contributed by atoms with van der Waals surface area (Å²) in [6, 6.07) is 30.2. The Morgan fingerprint density at radius 1 is 0.667 bits per heavy atom. The van der Waals surface area contributed by atoms with Gasteiger partial charge in [0, 0.05) is 12.2 Å². The fourth-order valence-electron chi connectivity index (χ4n) is 3.39. The van der Waals surface area contributed by atoms with E-state index in [0.717, 1.165) is 16.9 Å². The fourth-order valence-corrected chi connectivity index (χ4v) is 3.39. The third kappa shape index (κ3) is 16.0. The van der Waals surface area contributed by atoms with Gasteiger partial charge in [-0.2, -0.15) is 0 Å². The van der Waals surface area contributed by atoms with Crippen molar-refractivity contribution in [1.82, 2.24) is 5.43 Å². The molecule has 4 rings (SSSR count). The largest absolute Gasteiger partial charge is 0.489 e. The maximum Gasteiger partial charge on any atom is 0.338 e. The van der Waals surface area contributed by atoms with E-state index in [1.807, 2.05) is 43.3 Å². The number of hydrazine groups is 2. The molecule has 0 saturated carbocycles. The number of amides is 1. The van der Waals surface area contributed by atoms with Crippen molar-refractivity contribution in [3.05, 3.63) is 130 Å².